The van der Waals surface area contributed by atoms with E-state index in [1.165, 1.54) is 23.1 Å². The summed E-state index contributed by atoms with van der Waals surface area (Å²) in [7, 11) is 0. The number of rotatable bonds is 7. The number of thioether (sulfide) groups is 1. The van der Waals surface area contributed by atoms with Crippen molar-refractivity contribution in [1.82, 2.24) is 0 Å². The number of fused-ring (bicyclic) bond motifs is 1. The Balaban J connectivity index is 1.51. The lowest BCUT2D eigenvalue weighted by Crippen LogP contribution is -2.23. The number of primary amides is 1. The average Bonchev–Trinajstić information content (AvgIpc) is 3.21. The van der Waals surface area contributed by atoms with E-state index in [4.69, 9.17) is 10.5 Å². The molecule has 3 rings (SSSR count). The van der Waals surface area contributed by atoms with Crippen molar-refractivity contribution in [2.24, 2.45) is 5.73 Å². The maximum absolute atomic E-state index is 12.2. The number of anilines is 1. The summed E-state index contributed by atoms with van der Waals surface area (Å²) in [6.07, 6.45) is 2.68. The Labute approximate surface area is 171 Å². The van der Waals surface area contributed by atoms with Gasteiger partial charge in [-0.25, -0.2) is 0 Å². The lowest BCUT2D eigenvalue weighted by atomic mass is 10.1. The standard InChI is InChI=1S/C20H22N2O4S2/c1-11-6-7-12(2)15(8-11)27-10-17(24)26-9-16(23)22-20-18(19(21)25)13-4-3-5-14(13)28-20/h6-8H,3-5,9-10H2,1-2H3,(H2,21,25)(H,22,23). The van der Waals surface area contributed by atoms with Crippen LogP contribution in [0.4, 0.5) is 5.00 Å². The summed E-state index contributed by atoms with van der Waals surface area (Å²) in [6.45, 7) is 3.58. The van der Waals surface area contributed by atoms with Gasteiger partial charge in [0.2, 0.25) is 0 Å². The van der Waals surface area contributed by atoms with Gasteiger partial charge in [-0.15, -0.1) is 23.1 Å². The molecule has 0 aliphatic heterocycles. The molecule has 0 atom stereocenters. The zero-order valence-corrected chi connectivity index (χ0v) is 17.4. The predicted molar refractivity (Wildman–Crippen MR) is 111 cm³/mol. The molecule has 1 aromatic heterocycles. The Hall–Kier alpha value is -2.32. The number of amides is 2. The van der Waals surface area contributed by atoms with Gasteiger partial charge >= 0.3 is 5.97 Å². The van der Waals surface area contributed by atoms with E-state index < -0.39 is 24.4 Å². The summed E-state index contributed by atoms with van der Waals surface area (Å²) in [5.41, 5.74) is 9.01. The molecule has 1 aromatic carbocycles. The minimum absolute atomic E-state index is 0.122. The molecule has 0 bridgehead atoms. The van der Waals surface area contributed by atoms with Crippen molar-refractivity contribution in [3.8, 4) is 0 Å². The van der Waals surface area contributed by atoms with E-state index in [9.17, 15) is 14.4 Å². The van der Waals surface area contributed by atoms with E-state index in [1.54, 1.807) is 0 Å². The van der Waals surface area contributed by atoms with Crippen LogP contribution in [0.2, 0.25) is 0 Å². The monoisotopic (exact) mass is 418 g/mol. The number of thiophene rings is 1. The van der Waals surface area contributed by atoms with Gasteiger partial charge in [0, 0.05) is 9.77 Å². The molecular weight excluding hydrogens is 396 g/mol. The Morgan fingerprint density at radius 3 is 2.79 bits per heavy atom. The molecule has 1 aliphatic carbocycles. The summed E-state index contributed by atoms with van der Waals surface area (Å²) in [4.78, 5) is 38.0. The maximum Gasteiger partial charge on any atom is 0.316 e. The van der Waals surface area contributed by atoms with Gasteiger partial charge in [-0.1, -0.05) is 17.7 Å². The smallest absolute Gasteiger partial charge is 0.316 e. The number of ether oxygens (including phenoxy) is 1. The molecule has 0 saturated heterocycles. The summed E-state index contributed by atoms with van der Waals surface area (Å²) >= 11 is 2.75. The van der Waals surface area contributed by atoms with Crippen LogP contribution in [0.3, 0.4) is 0 Å². The molecule has 148 valence electrons. The van der Waals surface area contributed by atoms with Crippen LogP contribution in [0, 0.1) is 13.8 Å². The Morgan fingerprint density at radius 2 is 2.04 bits per heavy atom. The minimum Gasteiger partial charge on any atom is -0.455 e. The number of benzene rings is 1. The van der Waals surface area contributed by atoms with Crippen molar-refractivity contribution >= 4 is 45.9 Å². The number of nitrogens with two attached hydrogens (primary N) is 1. The van der Waals surface area contributed by atoms with Crippen LogP contribution in [-0.2, 0) is 27.2 Å². The van der Waals surface area contributed by atoms with Gasteiger partial charge < -0.3 is 15.8 Å². The lowest BCUT2D eigenvalue weighted by molar-refractivity contribution is -0.144. The van der Waals surface area contributed by atoms with Gasteiger partial charge in [-0.3, -0.25) is 14.4 Å². The molecule has 1 aliphatic rings. The number of nitrogens with one attached hydrogen (secondary N) is 1. The summed E-state index contributed by atoms with van der Waals surface area (Å²) in [6, 6.07) is 6.04. The lowest BCUT2D eigenvalue weighted by Gasteiger charge is -2.08. The van der Waals surface area contributed by atoms with Gasteiger partial charge in [-0.2, -0.15) is 0 Å². The highest BCUT2D eigenvalue weighted by molar-refractivity contribution is 8.00. The van der Waals surface area contributed by atoms with Crippen molar-refractivity contribution in [1.29, 1.82) is 0 Å². The summed E-state index contributed by atoms with van der Waals surface area (Å²) in [5, 5.41) is 3.11. The number of esters is 1. The van der Waals surface area contributed by atoms with Crippen LogP contribution in [-0.4, -0.2) is 30.1 Å². The van der Waals surface area contributed by atoms with E-state index in [0.717, 1.165) is 45.7 Å². The fraction of sp³-hybridized carbons (Fsp3) is 0.350. The fourth-order valence-electron chi connectivity index (χ4n) is 3.10. The van der Waals surface area contributed by atoms with Crippen molar-refractivity contribution in [3.05, 3.63) is 45.3 Å². The van der Waals surface area contributed by atoms with E-state index in [0.29, 0.717) is 10.6 Å². The molecule has 2 amide bonds. The molecule has 0 saturated carbocycles. The molecule has 0 unspecified atom stereocenters. The van der Waals surface area contributed by atoms with E-state index >= 15 is 0 Å². The van der Waals surface area contributed by atoms with Crippen LogP contribution in [0.5, 0.6) is 0 Å². The fourth-order valence-corrected chi connectivity index (χ4v) is 5.34. The van der Waals surface area contributed by atoms with Crippen LogP contribution < -0.4 is 11.1 Å². The quantitative estimate of drug-likeness (QED) is 0.531. The van der Waals surface area contributed by atoms with Crippen molar-refractivity contribution in [2.75, 3.05) is 17.7 Å². The number of carbonyl (C=O) groups excluding carboxylic acids is 3. The molecule has 3 N–H and O–H groups in total. The SMILES string of the molecule is Cc1ccc(C)c(SCC(=O)OCC(=O)Nc2sc3c(c2C(N)=O)CCC3)c1. The predicted octanol–water partition coefficient (Wildman–Crippen LogP) is 3.23. The average molecular weight is 419 g/mol. The minimum atomic E-state index is -0.545. The molecule has 1 heterocycles. The van der Waals surface area contributed by atoms with Gasteiger partial charge in [0.1, 0.15) is 5.00 Å². The number of aryl methyl sites for hydroxylation is 3. The van der Waals surface area contributed by atoms with E-state index in [-0.39, 0.29) is 5.75 Å². The van der Waals surface area contributed by atoms with Crippen LogP contribution in [0.15, 0.2) is 23.1 Å². The van der Waals surface area contributed by atoms with Gasteiger partial charge in [0.05, 0.1) is 11.3 Å². The van der Waals surface area contributed by atoms with Gasteiger partial charge in [-0.05, 0) is 50.3 Å². The summed E-state index contributed by atoms with van der Waals surface area (Å²) < 4.78 is 5.06. The van der Waals surface area contributed by atoms with Gasteiger partial charge in [0.25, 0.3) is 11.8 Å². The van der Waals surface area contributed by atoms with Crippen molar-refractivity contribution in [3.63, 3.8) is 0 Å². The molecule has 0 spiro atoms. The summed E-state index contributed by atoms with van der Waals surface area (Å²) in [5.74, 6) is -1.37. The second-order valence-electron chi connectivity index (χ2n) is 6.69. The largest absolute Gasteiger partial charge is 0.455 e. The van der Waals surface area contributed by atoms with E-state index in [1.807, 2.05) is 32.0 Å². The zero-order chi connectivity index (χ0) is 20.3. The third-order valence-electron chi connectivity index (χ3n) is 4.47. The highest BCUT2D eigenvalue weighted by Crippen LogP contribution is 2.38. The first-order valence-corrected chi connectivity index (χ1v) is 10.7. The van der Waals surface area contributed by atoms with Crippen molar-refractivity contribution < 1.29 is 19.1 Å². The normalized spacial score (nSPS) is 12.5. The number of hydrogen-bond acceptors (Lipinski definition) is 6. The Kier molecular flexibility index (Phi) is 6.41. The first-order valence-electron chi connectivity index (χ1n) is 8.95. The topological polar surface area (TPSA) is 98.5 Å². The van der Waals surface area contributed by atoms with Crippen LogP contribution in [0.25, 0.3) is 0 Å². The molecule has 6 nitrogen and oxygen atoms in total. The molecule has 0 radical (unpaired) electrons. The first-order chi connectivity index (χ1) is 13.3. The van der Waals surface area contributed by atoms with Gasteiger partial charge in [0.15, 0.2) is 6.61 Å². The number of carbonyl (C=O) groups is 3. The molecular formula is C20H22N2O4S2. The maximum atomic E-state index is 12.2. The van der Waals surface area contributed by atoms with E-state index in [2.05, 4.69) is 5.32 Å². The molecule has 0 fully saturated rings. The second-order valence-corrected chi connectivity index (χ2v) is 8.81. The second kappa shape index (κ2) is 8.79. The number of hydrogen-bond donors (Lipinski definition) is 2. The first kappa shape index (κ1) is 20.4. The Bertz CT molecular complexity index is 937. The van der Waals surface area contributed by atoms with Crippen LogP contribution >= 0.6 is 23.1 Å². The molecule has 28 heavy (non-hydrogen) atoms. The van der Waals surface area contributed by atoms with Crippen molar-refractivity contribution in [2.45, 2.75) is 38.0 Å². The van der Waals surface area contributed by atoms with Crippen LogP contribution in [0.1, 0.15) is 38.3 Å². The highest BCUT2D eigenvalue weighted by atomic mass is 32.2. The highest BCUT2D eigenvalue weighted by Gasteiger charge is 2.26. The zero-order valence-electron chi connectivity index (χ0n) is 15.8. The molecule has 2 aromatic rings. The third-order valence-corrected chi connectivity index (χ3v) is 6.81. The Morgan fingerprint density at radius 1 is 1.25 bits per heavy atom. The molecule has 8 heteroatoms. The third kappa shape index (κ3) is 4.74.